The number of rotatable bonds is 4. The molecule has 28 heavy (non-hydrogen) atoms. The SMILES string of the molecule is O=C(CN1CCN(C(=O)Nc2ccc(Br)cc2)CC1=O)NC1CCCCCC1. The van der Waals surface area contributed by atoms with E-state index in [4.69, 9.17) is 0 Å². The van der Waals surface area contributed by atoms with Gasteiger partial charge in [-0.15, -0.1) is 0 Å². The maximum absolute atomic E-state index is 12.4. The molecule has 152 valence electrons. The van der Waals surface area contributed by atoms with E-state index in [-0.39, 0.29) is 37.0 Å². The fourth-order valence-electron chi connectivity index (χ4n) is 3.66. The first-order valence-electron chi connectivity index (χ1n) is 9.90. The number of carbonyl (C=O) groups excluding carboxylic acids is 3. The van der Waals surface area contributed by atoms with Crippen LogP contribution in [-0.4, -0.2) is 59.9 Å². The van der Waals surface area contributed by atoms with Crippen LogP contribution in [0.3, 0.4) is 0 Å². The summed E-state index contributed by atoms with van der Waals surface area (Å²) in [6.45, 7) is 0.825. The monoisotopic (exact) mass is 450 g/mol. The van der Waals surface area contributed by atoms with Crippen molar-refractivity contribution in [2.75, 3.05) is 31.5 Å². The van der Waals surface area contributed by atoms with Gasteiger partial charge in [-0.1, -0.05) is 41.6 Å². The first kappa shape index (κ1) is 20.6. The summed E-state index contributed by atoms with van der Waals surface area (Å²) >= 11 is 3.35. The van der Waals surface area contributed by atoms with Gasteiger partial charge in [0.1, 0.15) is 6.54 Å². The van der Waals surface area contributed by atoms with Crippen molar-refractivity contribution in [2.24, 2.45) is 0 Å². The molecule has 2 N–H and O–H groups in total. The van der Waals surface area contributed by atoms with Gasteiger partial charge in [0, 0.05) is 29.3 Å². The second-order valence-corrected chi connectivity index (χ2v) is 8.35. The summed E-state index contributed by atoms with van der Waals surface area (Å²) in [4.78, 5) is 40.1. The number of halogens is 1. The van der Waals surface area contributed by atoms with Crippen molar-refractivity contribution in [3.63, 3.8) is 0 Å². The molecule has 1 heterocycles. The van der Waals surface area contributed by atoms with Crippen molar-refractivity contribution in [3.8, 4) is 0 Å². The molecule has 2 fully saturated rings. The average Bonchev–Trinajstić information content (AvgIpc) is 2.94. The van der Waals surface area contributed by atoms with Crippen molar-refractivity contribution < 1.29 is 14.4 Å². The van der Waals surface area contributed by atoms with E-state index in [0.29, 0.717) is 18.8 Å². The molecule has 0 bridgehead atoms. The molecular formula is C20H27BrN4O3. The lowest BCUT2D eigenvalue weighted by Crippen LogP contribution is -2.55. The van der Waals surface area contributed by atoms with E-state index in [1.807, 2.05) is 12.1 Å². The molecule has 1 aromatic carbocycles. The number of hydrogen-bond donors (Lipinski definition) is 2. The minimum absolute atomic E-state index is 0.0148. The van der Waals surface area contributed by atoms with Gasteiger partial charge in [0.25, 0.3) is 0 Å². The Labute approximate surface area is 174 Å². The van der Waals surface area contributed by atoms with Gasteiger partial charge >= 0.3 is 6.03 Å². The number of benzene rings is 1. The Hall–Kier alpha value is -2.09. The molecule has 1 saturated heterocycles. The van der Waals surface area contributed by atoms with Gasteiger partial charge in [0.2, 0.25) is 11.8 Å². The highest BCUT2D eigenvalue weighted by Crippen LogP contribution is 2.17. The van der Waals surface area contributed by atoms with Crippen LogP contribution in [0.25, 0.3) is 0 Å². The number of urea groups is 1. The van der Waals surface area contributed by atoms with Crippen molar-refractivity contribution >= 4 is 39.5 Å². The van der Waals surface area contributed by atoms with Crippen LogP contribution in [0.1, 0.15) is 38.5 Å². The molecule has 1 aromatic rings. The molecule has 7 nitrogen and oxygen atoms in total. The van der Waals surface area contributed by atoms with Crippen LogP contribution in [0.15, 0.2) is 28.7 Å². The minimum Gasteiger partial charge on any atom is -0.352 e. The van der Waals surface area contributed by atoms with Crippen LogP contribution >= 0.6 is 15.9 Å². The Kier molecular flexibility index (Phi) is 7.30. The zero-order valence-electron chi connectivity index (χ0n) is 16.0. The van der Waals surface area contributed by atoms with Crippen LogP contribution < -0.4 is 10.6 Å². The van der Waals surface area contributed by atoms with E-state index >= 15 is 0 Å². The van der Waals surface area contributed by atoms with Crippen molar-refractivity contribution in [1.29, 1.82) is 0 Å². The Balaban J connectivity index is 1.45. The second-order valence-electron chi connectivity index (χ2n) is 7.43. The summed E-state index contributed by atoms with van der Waals surface area (Å²) in [6, 6.07) is 7.17. The summed E-state index contributed by atoms with van der Waals surface area (Å²) in [5, 5.41) is 5.86. The zero-order chi connectivity index (χ0) is 19.9. The number of hydrogen-bond acceptors (Lipinski definition) is 3. The third-order valence-electron chi connectivity index (χ3n) is 5.26. The predicted octanol–water partition coefficient (Wildman–Crippen LogP) is 2.96. The fraction of sp³-hybridized carbons (Fsp3) is 0.550. The van der Waals surface area contributed by atoms with Gasteiger partial charge in [0.15, 0.2) is 0 Å². The van der Waals surface area contributed by atoms with Crippen LogP contribution in [0.5, 0.6) is 0 Å². The molecule has 1 aliphatic heterocycles. The van der Waals surface area contributed by atoms with E-state index in [1.54, 1.807) is 12.1 Å². The Bertz CT molecular complexity index is 702. The van der Waals surface area contributed by atoms with Gasteiger partial charge in [-0.05, 0) is 37.1 Å². The van der Waals surface area contributed by atoms with Gasteiger partial charge in [0.05, 0.1) is 6.54 Å². The highest BCUT2D eigenvalue weighted by molar-refractivity contribution is 9.10. The molecule has 0 radical (unpaired) electrons. The summed E-state index contributed by atoms with van der Waals surface area (Å²) in [7, 11) is 0. The molecule has 4 amide bonds. The molecule has 1 saturated carbocycles. The lowest BCUT2D eigenvalue weighted by atomic mass is 10.1. The first-order chi connectivity index (χ1) is 13.5. The summed E-state index contributed by atoms with van der Waals surface area (Å²) in [5.74, 6) is -0.304. The van der Waals surface area contributed by atoms with Crippen LogP contribution in [0.4, 0.5) is 10.5 Å². The van der Waals surface area contributed by atoms with Gasteiger partial charge in [-0.3, -0.25) is 9.59 Å². The highest BCUT2D eigenvalue weighted by atomic mass is 79.9. The summed E-state index contributed by atoms with van der Waals surface area (Å²) in [5.41, 5.74) is 0.672. The summed E-state index contributed by atoms with van der Waals surface area (Å²) < 4.78 is 0.927. The van der Waals surface area contributed by atoms with Crippen molar-refractivity contribution in [3.05, 3.63) is 28.7 Å². The largest absolute Gasteiger partial charge is 0.352 e. The standard InChI is InChI=1S/C20H27BrN4O3/c21-15-7-9-17(10-8-15)23-20(28)25-12-11-24(19(27)14-25)13-18(26)22-16-5-3-1-2-4-6-16/h7-10,16H,1-6,11-14H2,(H,22,26)(H,23,28). The topological polar surface area (TPSA) is 81.8 Å². The lowest BCUT2D eigenvalue weighted by molar-refractivity contribution is -0.139. The predicted molar refractivity (Wildman–Crippen MR) is 111 cm³/mol. The molecule has 3 rings (SSSR count). The molecule has 0 atom stereocenters. The Morgan fingerprint density at radius 1 is 1.04 bits per heavy atom. The number of nitrogens with zero attached hydrogens (tertiary/aromatic N) is 2. The Morgan fingerprint density at radius 2 is 1.71 bits per heavy atom. The normalized spacial score (nSPS) is 18.5. The summed E-state index contributed by atoms with van der Waals surface area (Å²) in [6.07, 6.45) is 6.80. The smallest absolute Gasteiger partial charge is 0.322 e. The third kappa shape index (κ3) is 5.95. The number of nitrogens with one attached hydrogen (secondary N) is 2. The fourth-order valence-corrected chi connectivity index (χ4v) is 3.92. The molecule has 2 aliphatic rings. The maximum atomic E-state index is 12.4. The molecule has 0 aromatic heterocycles. The van der Waals surface area contributed by atoms with E-state index < -0.39 is 0 Å². The number of amides is 4. The van der Waals surface area contributed by atoms with E-state index in [0.717, 1.165) is 30.2 Å². The van der Waals surface area contributed by atoms with E-state index in [9.17, 15) is 14.4 Å². The van der Waals surface area contributed by atoms with E-state index in [1.165, 1.54) is 22.6 Å². The average molecular weight is 451 g/mol. The molecule has 8 heteroatoms. The molecule has 1 aliphatic carbocycles. The van der Waals surface area contributed by atoms with Crippen LogP contribution in [0.2, 0.25) is 0 Å². The molecule has 0 spiro atoms. The molecular weight excluding hydrogens is 424 g/mol. The second kappa shape index (κ2) is 9.91. The van der Waals surface area contributed by atoms with Gasteiger partial charge in [-0.2, -0.15) is 0 Å². The van der Waals surface area contributed by atoms with Gasteiger partial charge < -0.3 is 20.4 Å². The molecule has 0 unspecified atom stereocenters. The first-order valence-corrected chi connectivity index (χ1v) is 10.7. The van der Waals surface area contributed by atoms with Crippen molar-refractivity contribution in [2.45, 2.75) is 44.6 Å². The number of anilines is 1. The number of carbonyl (C=O) groups is 3. The van der Waals surface area contributed by atoms with Crippen molar-refractivity contribution in [1.82, 2.24) is 15.1 Å². The minimum atomic E-state index is -0.307. The quantitative estimate of drug-likeness (QED) is 0.691. The van der Waals surface area contributed by atoms with Crippen LogP contribution in [-0.2, 0) is 9.59 Å². The van der Waals surface area contributed by atoms with E-state index in [2.05, 4.69) is 26.6 Å². The number of piperazine rings is 1. The highest BCUT2D eigenvalue weighted by Gasteiger charge is 2.28. The van der Waals surface area contributed by atoms with Gasteiger partial charge in [-0.25, -0.2) is 4.79 Å². The zero-order valence-corrected chi connectivity index (χ0v) is 17.5. The van der Waals surface area contributed by atoms with Crippen LogP contribution in [0, 0.1) is 0 Å². The maximum Gasteiger partial charge on any atom is 0.322 e. The lowest BCUT2D eigenvalue weighted by Gasteiger charge is -2.34. The third-order valence-corrected chi connectivity index (χ3v) is 5.78. The Morgan fingerprint density at radius 3 is 2.36 bits per heavy atom.